The van der Waals surface area contributed by atoms with Crippen molar-refractivity contribution in [3.8, 4) is 0 Å². The quantitative estimate of drug-likeness (QED) is 0.156. The summed E-state index contributed by atoms with van der Waals surface area (Å²) in [6.07, 6.45) is 11.6. The summed E-state index contributed by atoms with van der Waals surface area (Å²) in [6.45, 7) is 141. The van der Waals surface area contributed by atoms with E-state index in [2.05, 4.69) is 410 Å². The minimum absolute atomic E-state index is 0. The number of carbonyl (C=O) groups excluding carboxylic acids is 1. The summed E-state index contributed by atoms with van der Waals surface area (Å²) < 4.78 is 18.9. The first-order valence-electron chi connectivity index (χ1n) is 41.2. The van der Waals surface area contributed by atoms with Crippen molar-refractivity contribution >= 4 is 40.9 Å². The molecule has 0 aromatic heterocycles. The third-order valence-corrected chi connectivity index (χ3v) is 15.8. The van der Waals surface area contributed by atoms with Crippen LogP contribution in [-0.4, -0.2) is 101 Å². The maximum absolute atomic E-state index is 9.44. The Morgan fingerprint density at radius 2 is 0.305 bits per heavy atom. The van der Waals surface area contributed by atoms with E-state index in [-0.39, 0.29) is 131 Å². The molecule has 118 heavy (non-hydrogen) atoms. The normalized spacial score (nSPS) is 9.98. The van der Waals surface area contributed by atoms with Gasteiger partial charge in [0.25, 0.3) is 0 Å². The Morgan fingerprint density at radius 3 is 0.305 bits per heavy atom. The molecule has 0 saturated heterocycles. The van der Waals surface area contributed by atoms with E-state index in [4.69, 9.17) is 14.2 Å². The molecule has 0 aliphatic rings. The third-order valence-electron chi connectivity index (χ3n) is 15.8. The summed E-state index contributed by atoms with van der Waals surface area (Å²) in [5.74, 6) is 4.38. The molecular formula is C110H289GeO5PS. The standard InChI is InChI=1S/2C11H24.3C8H18.C5H12O2.C5H12O.2C5H12.C3H6O.C3H9P.6C3H8.C2H8Ge.C2H6O.C2H6S.14CH4/c2*1-9(2,3)11(7,8)10(4,5)6;3*1-7(2,3)8(4,5)6;1-5(2,6-3)7-4;1-5(2,3)6-4;2*1-5(2,3)4;1-3(2)4;1-4(2)3;9*1-3-2;;;;;;;;;;;;;;/h2*1-8H3;3*1-6H3;1-4H3;1-4H3;2*1-4H3;1-2H3;1-3H3;7*3H2,1-2H3;2*1-2H3;14*1H4. The monoisotopic (exact) mass is 1830 g/mol. The molecule has 0 N–H and O–H groups in total. The van der Waals surface area contributed by atoms with Gasteiger partial charge in [-0.25, -0.2) is 0 Å². The molecule has 0 amide bonds. The molecule has 0 aliphatic heterocycles. The van der Waals surface area contributed by atoms with Gasteiger partial charge < -0.3 is 23.7 Å². The van der Waals surface area contributed by atoms with Crippen LogP contribution in [0.1, 0.15) is 565 Å². The van der Waals surface area contributed by atoms with E-state index < -0.39 is 5.79 Å². The van der Waals surface area contributed by atoms with Crippen molar-refractivity contribution in [3.63, 3.8) is 0 Å². The minimum atomic E-state index is -0.417. The van der Waals surface area contributed by atoms with Crippen LogP contribution in [0.3, 0.4) is 0 Å². The first-order chi connectivity index (χ1) is 44.6. The van der Waals surface area contributed by atoms with Gasteiger partial charge in [-0.3, -0.25) is 0 Å². The second-order valence-corrected chi connectivity index (χ2v) is 50.4. The van der Waals surface area contributed by atoms with E-state index in [1.165, 1.54) is 52.4 Å². The van der Waals surface area contributed by atoms with Gasteiger partial charge in [-0.2, -0.15) is 11.8 Å². The van der Waals surface area contributed by atoms with Gasteiger partial charge in [0, 0.05) is 35.5 Å². The summed E-state index contributed by atoms with van der Waals surface area (Å²) in [5, 5.41) is 0. The number of methoxy groups -OCH3 is 4. The molecule has 0 aromatic carbocycles. The maximum atomic E-state index is 9.44. The van der Waals surface area contributed by atoms with E-state index in [0.717, 1.165) is 0 Å². The number of hydrogen-bond acceptors (Lipinski definition) is 6. The van der Waals surface area contributed by atoms with Crippen LogP contribution in [0, 0.1) is 75.8 Å². The van der Waals surface area contributed by atoms with Crippen molar-refractivity contribution < 1.29 is 23.7 Å². The molecule has 0 spiro atoms. The van der Waals surface area contributed by atoms with E-state index >= 15 is 0 Å². The Labute approximate surface area is 791 Å². The van der Waals surface area contributed by atoms with Gasteiger partial charge in [0.05, 0.1) is 5.60 Å². The Balaban J connectivity index is -0.0000000199. The van der Waals surface area contributed by atoms with E-state index in [1.807, 2.05) is 47.1 Å². The van der Waals surface area contributed by atoms with Crippen LogP contribution in [0.25, 0.3) is 0 Å². The van der Waals surface area contributed by atoms with Gasteiger partial charge in [-0.05, 0) is 157 Å². The van der Waals surface area contributed by atoms with Gasteiger partial charge >= 0.3 is 26.9 Å². The van der Waals surface area contributed by atoms with Crippen LogP contribution in [0.4, 0.5) is 0 Å². The zero-order chi connectivity index (χ0) is 91.6. The predicted octanol–water partition coefficient (Wildman–Crippen LogP) is 44.8. The SMILES string of the molecule is C.C.C.C.C.C.C.C.C.C.C.C.C.C.CC(C)(C)C.CC(C)(C)C.CC(C)(C)C(C)(C)C.CC(C)(C)C(C)(C)C.CC(C)(C)C(C)(C)C.CC(C)(C)C(C)(C)C(C)(C)C.CC(C)(C)C(C)(C)C(C)(C)C.CC(C)=O.CCC.CCC.CCC.CCC.CCC.CCC.COC.COC(C)(C)C.COC(C)(C)OC.CP(C)C.CSC.[CH3][GeH2][CH3]. The van der Waals surface area contributed by atoms with Crippen molar-refractivity contribution in [1.82, 2.24) is 0 Å². The zero-order valence-corrected chi connectivity index (χ0v) is 94.0. The number of rotatable bonds is 2. The van der Waals surface area contributed by atoms with E-state index in [0.29, 0.717) is 83.7 Å². The molecule has 8 heteroatoms. The van der Waals surface area contributed by atoms with Gasteiger partial charge in [-0.1, -0.05) is 516 Å². The molecule has 0 aliphatic carbocycles. The summed E-state index contributed by atoms with van der Waals surface area (Å²) in [6, 6.07) is 0. The van der Waals surface area contributed by atoms with Crippen molar-refractivity contribution in [1.29, 1.82) is 0 Å². The van der Waals surface area contributed by atoms with Gasteiger partial charge in [0.2, 0.25) is 0 Å². The molecule has 0 bridgehead atoms. The fourth-order valence-electron chi connectivity index (χ4n) is 2.33. The van der Waals surface area contributed by atoms with Crippen molar-refractivity contribution in [2.45, 2.75) is 588 Å². The topological polar surface area (TPSA) is 54.0 Å². The molecule has 0 atom stereocenters. The molecule has 5 nitrogen and oxygen atoms in total. The van der Waals surface area contributed by atoms with E-state index in [9.17, 15) is 4.79 Å². The van der Waals surface area contributed by atoms with Crippen LogP contribution in [0.15, 0.2) is 0 Å². The molecule has 0 unspecified atom stereocenters. The van der Waals surface area contributed by atoms with E-state index in [1.54, 1.807) is 47.3 Å². The summed E-state index contributed by atoms with van der Waals surface area (Å²) in [4.78, 5) is 9.44. The fraction of sp³-hybridized carbons (Fsp3) is 0.991. The number of thioether (sulfide) groups is 1. The first-order valence-corrected chi connectivity index (χ1v) is 51.4. The molecule has 0 fully saturated rings. The number of Topliss-reactive ketones (excluding diaryl/α,β-unsaturated/α-hetero) is 1. The van der Waals surface area contributed by atoms with Crippen molar-refractivity contribution in [3.05, 3.63) is 0 Å². The number of carbonyl (C=O) groups is 1. The average molecular weight is 1830 g/mol. The molecule has 0 heterocycles. The van der Waals surface area contributed by atoms with Gasteiger partial charge in [-0.15, -0.1) is 7.92 Å². The third kappa shape index (κ3) is 296. The zero-order valence-electron chi connectivity index (χ0n) is 89.3. The predicted molar refractivity (Wildman–Crippen MR) is 611 cm³/mol. The summed E-state index contributed by atoms with van der Waals surface area (Å²) in [7, 11) is 8.57. The second-order valence-electron chi connectivity index (χ2n) is 43.9. The Bertz CT molecular complexity index is 1290. The fourth-order valence-corrected chi connectivity index (χ4v) is 2.33. The molecular weight excluding hydrogens is 1540 g/mol. The molecule has 774 valence electrons. The molecule has 0 radical (unpaired) electrons. The van der Waals surface area contributed by atoms with Crippen molar-refractivity contribution in [2.75, 3.05) is 68.1 Å². The molecule has 0 rings (SSSR count). The summed E-state index contributed by atoms with van der Waals surface area (Å²) in [5.41, 5.74) is 5.94. The first kappa shape index (κ1) is 229. The molecule has 0 aromatic rings. The Kier molecular flexibility index (Phi) is 237. The average Bonchev–Trinajstić information content (AvgIpc) is 0.797. The second kappa shape index (κ2) is 122. The Morgan fingerprint density at radius 1 is 0.254 bits per heavy atom. The molecule has 0 saturated carbocycles. The van der Waals surface area contributed by atoms with Crippen LogP contribution in [0.2, 0.25) is 11.5 Å². The van der Waals surface area contributed by atoms with Gasteiger partial charge in [0.15, 0.2) is 5.79 Å². The van der Waals surface area contributed by atoms with Crippen LogP contribution < -0.4 is 0 Å². The van der Waals surface area contributed by atoms with Crippen LogP contribution in [0.5, 0.6) is 0 Å². The van der Waals surface area contributed by atoms with Gasteiger partial charge in [0.1, 0.15) is 5.78 Å². The van der Waals surface area contributed by atoms with Crippen molar-refractivity contribution in [2.24, 2.45) is 75.8 Å². The number of hydrogen-bond donors (Lipinski definition) is 0. The van der Waals surface area contributed by atoms with Crippen LogP contribution >= 0.6 is 19.7 Å². The number of ether oxygens (including phenoxy) is 4. The Hall–Kier alpha value is 0.833. The van der Waals surface area contributed by atoms with Crippen LogP contribution in [-0.2, 0) is 23.7 Å². The number of ketones is 1. The summed E-state index contributed by atoms with van der Waals surface area (Å²) >= 11 is 1.88.